The molecule has 7 nitrogen and oxygen atoms in total. The van der Waals surface area contributed by atoms with Gasteiger partial charge in [-0.1, -0.05) is 12.1 Å². The van der Waals surface area contributed by atoms with Gasteiger partial charge < -0.3 is 29.2 Å². The standard InChI is InChI=1S/C18H24O7/c1-18(2)23-9-13(25-18)16-15(20)14(19)12(17(21)24-16)8-10-4-6-11(22-3)7-5-10/h4-7,12-16,19-20H,8-9H2,1-3H3/t12-,13-,14-,15-,16+/m1/s1. The van der Waals surface area contributed by atoms with Crippen molar-refractivity contribution in [1.82, 2.24) is 0 Å². The van der Waals surface area contributed by atoms with Crippen LogP contribution >= 0.6 is 0 Å². The van der Waals surface area contributed by atoms with Crippen LogP contribution in [0.5, 0.6) is 5.75 Å². The molecule has 1 aromatic rings. The number of methoxy groups -OCH3 is 1. The van der Waals surface area contributed by atoms with Crippen LogP contribution in [0.3, 0.4) is 0 Å². The van der Waals surface area contributed by atoms with Crippen molar-refractivity contribution in [3.05, 3.63) is 29.8 Å². The number of carbonyl (C=O) groups is 1. The summed E-state index contributed by atoms with van der Waals surface area (Å²) < 4.78 is 21.6. The van der Waals surface area contributed by atoms with E-state index >= 15 is 0 Å². The van der Waals surface area contributed by atoms with Crippen molar-refractivity contribution in [1.29, 1.82) is 0 Å². The van der Waals surface area contributed by atoms with E-state index < -0.39 is 42.1 Å². The predicted molar refractivity (Wildman–Crippen MR) is 87.0 cm³/mol. The number of cyclic esters (lactones) is 1. The summed E-state index contributed by atoms with van der Waals surface area (Å²) in [5.41, 5.74) is 0.842. The second-order valence-corrected chi connectivity index (χ2v) is 6.91. The van der Waals surface area contributed by atoms with Gasteiger partial charge in [-0.15, -0.1) is 0 Å². The van der Waals surface area contributed by atoms with E-state index in [1.165, 1.54) is 0 Å². The van der Waals surface area contributed by atoms with Crippen LogP contribution in [-0.2, 0) is 25.4 Å². The Hall–Kier alpha value is -1.67. The number of hydrogen-bond donors (Lipinski definition) is 2. The molecule has 2 fully saturated rings. The molecular weight excluding hydrogens is 328 g/mol. The van der Waals surface area contributed by atoms with E-state index in [-0.39, 0.29) is 13.0 Å². The Kier molecular flexibility index (Phi) is 5.02. The Morgan fingerprint density at radius 3 is 2.44 bits per heavy atom. The number of carbonyl (C=O) groups excluding carboxylic acids is 1. The molecular formula is C18H24O7. The lowest BCUT2D eigenvalue weighted by molar-refractivity contribution is -0.215. The van der Waals surface area contributed by atoms with Crippen molar-refractivity contribution < 1.29 is 34.0 Å². The van der Waals surface area contributed by atoms with Gasteiger partial charge in [-0.2, -0.15) is 0 Å². The second-order valence-electron chi connectivity index (χ2n) is 6.91. The SMILES string of the molecule is COc1ccc(C[C@H]2C(=O)O[C@@H]([C@H]3COC(C)(C)O3)[C@H](O)[C@@H]2O)cc1. The van der Waals surface area contributed by atoms with Gasteiger partial charge in [-0.05, 0) is 38.0 Å². The maximum Gasteiger partial charge on any atom is 0.312 e. The molecule has 0 aliphatic carbocycles. The summed E-state index contributed by atoms with van der Waals surface area (Å²) in [6.07, 6.45) is -3.76. The first kappa shape index (κ1) is 18.1. The number of aliphatic hydroxyl groups is 2. The van der Waals surface area contributed by atoms with Gasteiger partial charge in [-0.25, -0.2) is 0 Å². The first-order valence-electron chi connectivity index (χ1n) is 8.32. The smallest absolute Gasteiger partial charge is 0.312 e. The average molecular weight is 352 g/mol. The summed E-state index contributed by atoms with van der Waals surface area (Å²) in [6, 6.07) is 7.18. The maximum absolute atomic E-state index is 12.4. The molecule has 0 bridgehead atoms. The van der Waals surface area contributed by atoms with Gasteiger partial charge >= 0.3 is 5.97 Å². The van der Waals surface area contributed by atoms with Crippen LogP contribution in [0, 0.1) is 5.92 Å². The molecule has 3 rings (SSSR count). The quantitative estimate of drug-likeness (QED) is 0.769. The van der Waals surface area contributed by atoms with E-state index in [9.17, 15) is 15.0 Å². The minimum absolute atomic E-state index is 0.192. The van der Waals surface area contributed by atoms with Gasteiger partial charge in [0.1, 0.15) is 18.0 Å². The molecule has 0 unspecified atom stereocenters. The van der Waals surface area contributed by atoms with Crippen molar-refractivity contribution in [2.24, 2.45) is 5.92 Å². The normalized spacial score (nSPS) is 34.6. The Morgan fingerprint density at radius 2 is 1.88 bits per heavy atom. The number of rotatable bonds is 4. The van der Waals surface area contributed by atoms with Crippen molar-refractivity contribution in [3.63, 3.8) is 0 Å². The highest BCUT2D eigenvalue weighted by Gasteiger charge is 2.50. The highest BCUT2D eigenvalue weighted by atomic mass is 16.8. The van der Waals surface area contributed by atoms with Gasteiger partial charge in [-0.3, -0.25) is 4.79 Å². The van der Waals surface area contributed by atoms with E-state index in [1.54, 1.807) is 33.1 Å². The molecule has 0 radical (unpaired) electrons. The van der Waals surface area contributed by atoms with Gasteiger partial charge in [0.2, 0.25) is 0 Å². The summed E-state index contributed by atoms with van der Waals surface area (Å²) >= 11 is 0. The lowest BCUT2D eigenvalue weighted by Gasteiger charge is -2.38. The van der Waals surface area contributed by atoms with E-state index in [0.717, 1.165) is 5.56 Å². The zero-order chi connectivity index (χ0) is 18.2. The van der Waals surface area contributed by atoms with Crippen LogP contribution in [-0.4, -0.2) is 60.1 Å². The summed E-state index contributed by atoms with van der Waals surface area (Å²) in [6.45, 7) is 3.68. The van der Waals surface area contributed by atoms with Gasteiger partial charge in [0.05, 0.1) is 25.7 Å². The van der Waals surface area contributed by atoms with Crippen LogP contribution in [0.2, 0.25) is 0 Å². The van der Waals surface area contributed by atoms with Crippen molar-refractivity contribution in [3.8, 4) is 5.75 Å². The van der Waals surface area contributed by atoms with Crippen molar-refractivity contribution in [2.45, 2.75) is 50.5 Å². The fourth-order valence-electron chi connectivity index (χ4n) is 3.26. The van der Waals surface area contributed by atoms with Crippen LogP contribution in [0.4, 0.5) is 0 Å². The third-order valence-electron chi connectivity index (χ3n) is 4.67. The Bertz CT molecular complexity index is 612. The van der Waals surface area contributed by atoms with Crippen molar-refractivity contribution in [2.75, 3.05) is 13.7 Å². The highest BCUT2D eigenvalue weighted by Crippen LogP contribution is 2.32. The highest BCUT2D eigenvalue weighted by molar-refractivity contribution is 5.75. The van der Waals surface area contributed by atoms with Crippen LogP contribution in [0.25, 0.3) is 0 Å². The molecule has 1 aromatic carbocycles. The third kappa shape index (κ3) is 3.79. The van der Waals surface area contributed by atoms with Crippen LogP contribution in [0.15, 0.2) is 24.3 Å². The molecule has 2 aliphatic heterocycles. The van der Waals surface area contributed by atoms with Crippen LogP contribution < -0.4 is 4.74 Å². The number of ether oxygens (including phenoxy) is 4. The average Bonchev–Trinajstić information content (AvgIpc) is 2.95. The molecule has 138 valence electrons. The molecule has 7 heteroatoms. The molecule has 5 atom stereocenters. The topological polar surface area (TPSA) is 94.5 Å². The fourth-order valence-corrected chi connectivity index (χ4v) is 3.26. The molecule has 2 aliphatic rings. The fraction of sp³-hybridized carbons (Fsp3) is 0.611. The third-order valence-corrected chi connectivity index (χ3v) is 4.67. The molecule has 0 aromatic heterocycles. The molecule has 2 heterocycles. The lowest BCUT2D eigenvalue weighted by atomic mass is 9.85. The summed E-state index contributed by atoms with van der Waals surface area (Å²) in [5, 5.41) is 20.9. The van der Waals surface area contributed by atoms with E-state index in [4.69, 9.17) is 18.9 Å². The number of aliphatic hydroxyl groups excluding tert-OH is 2. The van der Waals surface area contributed by atoms with Gasteiger partial charge in [0.25, 0.3) is 0 Å². The van der Waals surface area contributed by atoms with Crippen LogP contribution in [0.1, 0.15) is 19.4 Å². The monoisotopic (exact) mass is 352 g/mol. The minimum atomic E-state index is -1.24. The number of hydrogen-bond acceptors (Lipinski definition) is 7. The summed E-state index contributed by atoms with van der Waals surface area (Å²) in [7, 11) is 1.57. The molecule has 0 saturated carbocycles. The molecule has 2 saturated heterocycles. The Labute approximate surface area is 146 Å². The zero-order valence-corrected chi connectivity index (χ0v) is 14.5. The van der Waals surface area contributed by atoms with E-state index in [2.05, 4.69) is 0 Å². The molecule has 2 N–H and O–H groups in total. The lowest BCUT2D eigenvalue weighted by Crippen LogP contribution is -2.57. The number of esters is 1. The predicted octanol–water partition coefficient (Wildman–Crippen LogP) is 0.653. The molecule has 0 spiro atoms. The molecule has 25 heavy (non-hydrogen) atoms. The second kappa shape index (κ2) is 6.92. The van der Waals surface area contributed by atoms with E-state index in [1.807, 2.05) is 12.1 Å². The van der Waals surface area contributed by atoms with Crippen molar-refractivity contribution >= 4 is 5.97 Å². The van der Waals surface area contributed by atoms with E-state index in [0.29, 0.717) is 5.75 Å². The minimum Gasteiger partial charge on any atom is -0.497 e. The first-order chi connectivity index (χ1) is 11.8. The molecule has 0 amide bonds. The first-order valence-corrected chi connectivity index (χ1v) is 8.32. The van der Waals surface area contributed by atoms with Gasteiger partial charge in [0.15, 0.2) is 11.9 Å². The Balaban J connectivity index is 1.68. The summed E-state index contributed by atoms with van der Waals surface area (Å²) in [4.78, 5) is 12.4. The Morgan fingerprint density at radius 1 is 1.20 bits per heavy atom. The summed E-state index contributed by atoms with van der Waals surface area (Å²) in [5.74, 6) is -1.49. The van der Waals surface area contributed by atoms with Gasteiger partial charge in [0, 0.05) is 0 Å². The number of benzene rings is 1. The largest absolute Gasteiger partial charge is 0.497 e. The maximum atomic E-state index is 12.4. The zero-order valence-electron chi connectivity index (χ0n) is 14.5.